The summed E-state index contributed by atoms with van der Waals surface area (Å²) in [5, 5.41) is 0. The largest absolute Gasteiger partial charge is 0.156 e. The minimum atomic E-state index is 1.00. The molecule has 0 N–H and O–H groups in total. The van der Waals surface area contributed by atoms with E-state index in [1.807, 2.05) is 0 Å². The van der Waals surface area contributed by atoms with Gasteiger partial charge in [-0.3, -0.25) is 0 Å². The molecule has 1 radical (unpaired) electrons. The van der Waals surface area contributed by atoms with Gasteiger partial charge in [0.1, 0.15) is 0 Å². The Morgan fingerprint density at radius 1 is 0.933 bits per heavy atom. The number of benzene rings is 2. The van der Waals surface area contributed by atoms with Crippen LogP contribution in [0.5, 0.6) is 0 Å². The fourth-order valence-corrected chi connectivity index (χ4v) is 1.65. The first kappa shape index (κ1) is 10.0. The summed E-state index contributed by atoms with van der Waals surface area (Å²) in [4.78, 5) is 0. The van der Waals surface area contributed by atoms with Gasteiger partial charge in [0.05, 0.1) is 0 Å². The molecular formula is C14H14B. The van der Waals surface area contributed by atoms with Gasteiger partial charge >= 0.3 is 0 Å². The topological polar surface area (TPSA) is 0 Å². The number of rotatable bonds is 3. The Morgan fingerprint density at radius 3 is 2.47 bits per heavy atom. The van der Waals surface area contributed by atoms with Crippen LogP contribution in [0.4, 0.5) is 0 Å². The lowest BCUT2D eigenvalue weighted by atomic mass is 9.65. The second-order valence-electron chi connectivity index (χ2n) is 3.81. The molecule has 2 rings (SSSR count). The highest BCUT2D eigenvalue weighted by Gasteiger charge is 1.97. The van der Waals surface area contributed by atoms with E-state index in [2.05, 4.69) is 68.8 Å². The van der Waals surface area contributed by atoms with Gasteiger partial charge in [-0.1, -0.05) is 71.2 Å². The summed E-state index contributed by atoms with van der Waals surface area (Å²) in [5.41, 5.74) is 3.98. The Hall–Kier alpha value is -1.50. The van der Waals surface area contributed by atoms with E-state index >= 15 is 0 Å². The average Bonchev–Trinajstić information content (AvgIpc) is 2.28. The summed E-state index contributed by atoms with van der Waals surface area (Å²) >= 11 is 0. The van der Waals surface area contributed by atoms with Crippen molar-refractivity contribution in [1.29, 1.82) is 0 Å². The minimum absolute atomic E-state index is 1.00. The zero-order valence-corrected chi connectivity index (χ0v) is 8.98. The van der Waals surface area contributed by atoms with Gasteiger partial charge in [-0.15, -0.1) is 0 Å². The minimum Gasteiger partial charge on any atom is -0.0872 e. The maximum atomic E-state index is 2.27. The Labute approximate surface area is 92.2 Å². The zero-order valence-electron chi connectivity index (χ0n) is 8.98. The number of hydrogen-bond acceptors (Lipinski definition) is 0. The second-order valence-corrected chi connectivity index (χ2v) is 3.81. The van der Waals surface area contributed by atoms with Crippen LogP contribution in [0.15, 0.2) is 54.6 Å². The van der Waals surface area contributed by atoms with Crippen molar-refractivity contribution < 1.29 is 0 Å². The van der Waals surface area contributed by atoms with Crippen molar-refractivity contribution in [3.05, 3.63) is 65.7 Å². The first-order chi connectivity index (χ1) is 7.34. The van der Waals surface area contributed by atoms with Crippen molar-refractivity contribution in [2.45, 2.75) is 13.2 Å². The Kier molecular flexibility index (Phi) is 3.23. The summed E-state index contributed by atoms with van der Waals surface area (Å²) in [6, 6.07) is 19.1. The van der Waals surface area contributed by atoms with E-state index in [4.69, 9.17) is 0 Å². The Bertz CT molecular complexity index is 420. The summed E-state index contributed by atoms with van der Waals surface area (Å²) in [7, 11) is 2.27. The van der Waals surface area contributed by atoms with Gasteiger partial charge in [0, 0.05) is 0 Å². The molecule has 2 aromatic carbocycles. The third-order valence-corrected chi connectivity index (χ3v) is 2.46. The van der Waals surface area contributed by atoms with Crippen LogP contribution in [-0.2, 0) is 6.32 Å². The first-order valence-electron chi connectivity index (χ1n) is 5.28. The highest BCUT2D eigenvalue weighted by Crippen LogP contribution is 1.99. The average molecular weight is 193 g/mol. The molecule has 0 heterocycles. The highest BCUT2D eigenvalue weighted by molar-refractivity contribution is 6.52. The molecule has 0 atom stereocenters. The van der Waals surface area contributed by atoms with Crippen LogP contribution in [0, 0.1) is 6.92 Å². The van der Waals surface area contributed by atoms with Crippen LogP contribution >= 0.6 is 0 Å². The van der Waals surface area contributed by atoms with Gasteiger partial charge in [-0.2, -0.15) is 0 Å². The molecule has 15 heavy (non-hydrogen) atoms. The molecule has 0 spiro atoms. The van der Waals surface area contributed by atoms with Crippen LogP contribution in [0.25, 0.3) is 0 Å². The van der Waals surface area contributed by atoms with Gasteiger partial charge < -0.3 is 0 Å². The molecule has 0 amide bonds. The maximum absolute atomic E-state index is 2.27. The molecule has 0 aliphatic rings. The SMILES string of the molecule is Cc1cccc([B]Cc2ccccc2)c1. The Morgan fingerprint density at radius 2 is 1.73 bits per heavy atom. The Balaban J connectivity index is 1.99. The van der Waals surface area contributed by atoms with E-state index in [9.17, 15) is 0 Å². The van der Waals surface area contributed by atoms with Crippen molar-refractivity contribution in [3.8, 4) is 0 Å². The van der Waals surface area contributed by atoms with Crippen LogP contribution in [0.1, 0.15) is 11.1 Å². The van der Waals surface area contributed by atoms with Crippen molar-refractivity contribution >= 4 is 12.7 Å². The lowest BCUT2D eigenvalue weighted by molar-refractivity contribution is 1.39. The third-order valence-electron chi connectivity index (χ3n) is 2.46. The third kappa shape index (κ3) is 2.98. The second kappa shape index (κ2) is 4.83. The predicted molar refractivity (Wildman–Crippen MR) is 66.7 cm³/mol. The van der Waals surface area contributed by atoms with Crippen LogP contribution < -0.4 is 5.46 Å². The molecule has 0 aliphatic heterocycles. The van der Waals surface area contributed by atoms with Gasteiger partial charge in [0.25, 0.3) is 0 Å². The lowest BCUT2D eigenvalue weighted by Crippen LogP contribution is -2.16. The van der Waals surface area contributed by atoms with E-state index in [0.717, 1.165) is 6.32 Å². The van der Waals surface area contributed by atoms with E-state index in [1.165, 1.54) is 16.6 Å². The quantitative estimate of drug-likeness (QED) is 0.657. The molecule has 73 valence electrons. The fraction of sp³-hybridized carbons (Fsp3) is 0.143. The summed E-state index contributed by atoms with van der Waals surface area (Å²) in [5.74, 6) is 0. The van der Waals surface area contributed by atoms with E-state index in [1.54, 1.807) is 0 Å². The predicted octanol–water partition coefficient (Wildman–Crippen LogP) is 2.52. The van der Waals surface area contributed by atoms with Crippen molar-refractivity contribution in [3.63, 3.8) is 0 Å². The monoisotopic (exact) mass is 193 g/mol. The lowest BCUT2D eigenvalue weighted by Gasteiger charge is -2.01. The van der Waals surface area contributed by atoms with E-state index in [0.29, 0.717) is 0 Å². The zero-order chi connectivity index (χ0) is 10.5. The van der Waals surface area contributed by atoms with E-state index < -0.39 is 0 Å². The van der Waals surface area contributed by atoms with Gasteiger partial charge in [0.15, 0.2) is 7.28 Å². The molecule has 2 aromatic rings. The molecular weight excluding hydrogens is 179 g/mol. The molecule has 0 aromatic heterocycles. The first-order valence-corrected chi connectivity index (χ1v) is 5.28. The van der Waals surface area contributed by atoms with Crippen molar-refractivity contribution in [2.75, 3.05) is 0 Å². The maximum Gasteiger partial charge on any atom is 0.156 e. The molecule has 0 nitrogen and oxygen atoms in total. The summed E-state index contributed by atoms with van der Waals surface area (Å²) in [6.45, 7) is 2.12. The molecule has 0 saturated carbocycles. The number of hydrogen-bond donors (Lipinski definition) is 0. The van der Waals surface area contributed by atoms with Crippen molar-refractivity contribution in [1.82, 2.24) is 0 Å². The number of aryl methyl sites for hydroxylation is 1. The van der Waals surface area contributed by atoms with E-state index in [-0.39, 0.29) is 0 Å². The van der Waals surface area contributed by atoms with Gasteiger partial charge in [-0.05, 0) is 13.2 Å². The van der Waals surface area contributed by atoms with Gasteiger partial charge in [-0.25, -0.2) is 0 Å². The standard InChI is InChI=1S/C14H14B/c1-12-6-5-9-14(10-12)15-11-13-7-3-2-4-8-13/h2-10H,11H2,1H3. The fourth-order valence-electron chi connectivity index (χ4n) is 1.65. The summed E-state index contributed by atoms with van der Waals surface area (Å²) < 4.78 is 0. The molecule has 0 unspecified atom stereocenters. The molecule has 0 aliphatic carbocycles. The van der Waals surface area contributed by atoms with Gasteiger partial charge in [0.2, 0.25) is 0 Å². The smallest absolute Gasteiger partial charge is 0.0872 e. The summed E-state index contributed by atoms with van der Waals surface area (Å²) in [6.07, 6.45) is 1.00. The van der Waals surface area contributed by atoms with Crippen LogP contribution in [0.2, 0.25) is 0 Å². The van der Waals surface area contributed by atoms with Crippen LogP contribution in [-0.4, -0.2) is 7.28 Å². The normalized spacial score (nSPS) is 9.93. The molecule has 1 heteroatoms. The van der Waals surface area contributed by atoms with Crippen molar-refractivity contribution in [2.24, 2.45) is 0 Å². The molecule has 0 fully saturated rings. The molecule has 0 bridgehead atoms. The molecule has 0 saturated heterocycles. The van der Waals surface area contributed by atoms with Crippen LogP contribution in [0.3, 0.4) is 0 Å². The highest BCUT2D eigenvalue weighted by atomic mass is 13.9.